The number of nitrogens with zero attached hydrogens (tertiary/aromatic N) is 2. The Morgan fingerprint density at radius 1 is 1.08 bits per heavy atom. The summed E-state index contributed by atoms with van der Waals surface area (Å²) in [5, 5.41) is 3.06. The minimum Gasteiger partial charge on any atom is -0.497 e. The molecule has 2 aliphatic rings. The summed E-state index contributed by atoms with van der Waals surface area (Å²) in [4.78, 5) is 28.4. The van der Waals surface area contributed by atoms with Gasteiger partial charge in [0, 0.05) is 18.7 Å². The van der Waals surface area contributed by atoms with E-state index in [1.807, 2.05) is 12.1 Å². The second-order valence-electron chi connectivity index (χ2n) is 9.48. The molecule has 1 aliphatic carbocycles. The van der Waals surface area contributed by atoms with Crippen molar-refractivity contribution in [3.05, 3.63) is 48.0 Å². The molecule has 10 nitrogen and oxygen atoms in total. The van der Waals surface area contributed by atoms with Gasteiger partial charge >= 0.3 is 0 Å². The molecule has 0 radical (unpaired) electrons. The smallest absolute Gasteiger partial charge is 0.244 e. The van der Waals surface area contributed by atoms with Gasteiger partial charge in [0.2, 0.25) is 28.6 Å². The first kappa shape index (κ1) is 27.6. The highest BCUT2D eigenvalue weighted by atomic mass is 32.2. The molecule has 1 saturated carbocycles. The van der Waals surface area contributed by atoms with Gasteiger partial charge in [-0.2, -0.15) is 0 Å². The molecule has 2 aromatic carbocycles. The van der Waals surface area contributed by atoms with E-state index < -0.39 is 28.5 Å². The quantitative estimate of drug-likeness (QED) is 0.462. The lowest BCUT2D eigenvalue weighted by molar-refractivity contribution is -0.139. The van der Waals surface area contributed by atoms with Crippen LogP contribution >= 0.6 is 0 Å². The third kappa shape index (κ3) is 6.32. The summed E-state index contributed by atoms with van der Waals surface area (Å²) in [5.41, 5.74) is 1.07. The molecular formula is C27H35N3O7S. The first-order valence-electron chi connectivity index (χ1n) is 12.8. The third-order valence-corrected chi connectivity index (χ3v) is 8.75. The Hall–Kier alpha value is -3.47. The fourth-order valence-electron chi connectivity index (χ4n) is 4.66. The van der Waals surface area contributed by atoms with E-state index in [0.717, 1.165) is 35.6 Å². The molecular weight excluding hydrogens is 510 g/mol. The average Bonchev–Trinajstić information content (AvgIpc) is 3.61. The number of anilines is 1. The van der Waals surface area contributed by atoms with Crippen LogP contribution in [0.1, 0.15) is 45.1 Å². The number of methoxy groups -OCH3 is 1. The van der Waals surface area contributed by atoms with Crippen LogP contribution in [0.25, 0.3) is 0 Å². The van der Waals surface area contributed by atoms with E-state index in [1.54, 1.807) is 44.4 Å². The van der Waals surface area contributed by atoms with Crippen LogP contribution in [0.2, 0.25) is 0 Å². The zero-order chi connectivity index (χ0) is 27.3. The molecule has 4 rings (SSSR count). The van der Waals surface area contributed by atoms with Crippen molar-refractivity contribution in [1.29, 1.82) is 0 Å². The van der Waals surface area contributed by atoms with Crippen molar-refractivity contribution in [2.24, 2.45) is 0 Å². The molecule has 2 aromatic rings. The second-order valence-corrected chi connectivity index (χ2v) is 11.7. The molecule has 2 amide bonds. The van der Waals surface area contributed by atoms with Crippen molar-refractivity contribution in [2.45, 2.75) is 58.2 Å². The minimum atomic E-state index is -3.83. The Kier molecular flexibility index (Phi) is 8.65. The van der Waals surface area contributed by atoms with Crippen LogP contribution in [-0.4, -0.2) is 63.4 Å². The fourth-order valence-corrected chi connectivity index (χ4v) is 5.72. The normalized spacial score (nSPS) is 15.7. The van der Waals surface area contributed by atoms with Gasteiger partial charge in [-0.3, -0.25) is 13.9 Å². The van der Waals surface area contributed by atoms with Gasteiger partial charge in [-0.15, -0.1) is 0 Å². The second kappa shape index (κ2) is 11.9. The number of hydrogen-bond acceptors (Lipinski definition) is 7. The van der Waals surface area contributed by atoms with Crippen LogP contribution in [0.15, 0.2) is 42.5 Å². The molecule has 1 atom stereocenters. The Morgan fingerprint density at radius 2 is 1.76 bits per heavy atom. The molecule has 0 saturated heterocycles. The Labute approximate surface area is 223 Å². The van der Waals surface area contributed by atoms with E-state index >= 15 is 0 Å². The number of carbonyl (C=O) groups is 2. The summed E-state index contributed by atoms with van der Waals surface area (Å²) in [6.07, 6.45) is 3.95. The summed E-state index contributed by atoms with van der Waals surface area (Å²) >= 11 is 0. The number of amides is 2. The zero-order valence-electron chi connectivity index (χ0n) is 22.0. The van der Waals surface area contributed by atoms with Crippen molar-refractivity contribution in [1.82, 2.24) is 10.2 Å². The molecule has 0 bridgehead atoms. The van der Waals surface area contributed by atoms with Gasteiger partial charge in [0.15, 0.2) is 11.5 Å². The number of rotatable bonds is 11. The molecule has 1 fully saturated rings. The van der Waals surface area contributed by atoms with Crippen molar-refractivity contribution in [2.75, 3.05) is 30.5 Å². The summed E-state index contributed by atoms with van der Waals surface area (Å²) in [6.45, 7) is 2.90. The van der Waals surface area contributed by atoms with Gasteiger partial charge in [-0.1, -0.05) is 25.0 Å². The number of carbonyl (C=O) groups excluding carboxylic acids is 2. The summed E-state index contributed by atoms with van der Waals surface area (Å²) in [6, 6.07) is 11.2. The van der Waals surface area contributed by atoms with E-state index in [4.69, 9.17) is 14.2 Å². The summed E-state index contributed by atoms with van der Waals surface area (Å²) in [7, 11) is -2.26. The lowest BCUT2D eigenvalue weighted by atomic mass is 10.1. The molecule has 0 aromatic heterocycles. The van der Waals surface area contributed by atoms with Crippen LogP contribution in [0.4, 0.5) is 5.69 Å². The number of ether oxygens (including phenoxy) is 3. The van der Waals surface area contributed by atoms with Gasteiger partial charge in [-0.25, -0.2) is 8.42 Å². The highest BCUT2D eigenvalue weighted by molar-refractivity contribution is 7.92. The standard InChI is InChI=1S/C27H35N3O7S/c1-4-38(33,34)30(22-11-14-24-25(15-22)37-18-36-24)17-26(31)29(16-20-9-12-23(35-3)13-10-20)19(2)27(32)28-21-7-5-6-8-21/h9-15,19,21H,4-8,16-18H2,1-3H3,(H,28,32)/t19-/m0/s1. The van der Waals surface area contributed by atoms with Gasteiger partial charge in [0.1, 0.15) is 18.3 Å². The number of benzene rings is 2. The van der Waals surface area contributed by atoms with Crippen LogP contribution in [0, 0.1) is 0 Å². The molecule has 206 valence electrons. The topological polar surface area (TPSA) is 114 Å². The van der Waals surface area contributed by atoms with Crippen molar-refractivity contribution < 1.29 is 32.2 Å². The third-order valence-electron chi connectivity index (χ3n) is 7.00. The number of sulfonamides is 1. The molecule has 1 heterocycles. The molecule has 11 heteroatoms. The highest BCUT2D eigenvalue weighted by Gasteiger charge is 2.32. The average molecular weight is 546 g/mol. The van der Waals surface area contributed by atoms with Gasteiger partial charge in [-0.05, 0) is 56.5 Å². The van der Waals surface area contributed by atoms with Gasteiger partial charge < -0.3 is 24.4 Å². The first-order chi connectivity index (χ1) is 18.2. The molecule has 1 aliphatic heterocycles. The van der Waals surface area contributed by atoms with Crippen molar-refractivity contribution in [3.63, 3.8) is 0 Å². The minimum absolute atomic E-state index is 0.0432. The van der Waals surface area contributed by atoms with E-state index in [9.17, 15) is 18.0 Å². The van der Waals surface area contributed by atoms with Gasteiger partial charge in [0.25, 0.3) is 0 Å². The van der Waals surface area contributed by atoms with Crippen LogP contribution in [-0.2, 0) is 26.2 Å². The lowest BCUT2D eigenvalue weighted by Crippen LogP contribution is -2.52. The SMILES string of the molecule is CCS(=O)(=O)N(CC(=O)N(Cc1ccc(OC)cc1)[C@@H](C)C(=O)NC1CCCC1)c1ccc2c(c1)OCO2. The molecule has 0 unspecified atom stereocenters. The van der Waals surface area contributed by atoms with Gasteiger partial charge in [0.05, 0.1) is 18.6 Å². The van der Waals surface area contributed by atoms with Crippen molar-refractivity contribution >= 4 is 27.5 Å². The van der Waals surface area contributed by atoms with E-state index in [0.29, 0.717) is 17.2 Å². The Balaban J connectivity index is 1.61. The molecule has 38 heavy (non-hydrogen) atoms. The van der Waals surface area contributed by atoms with Crippen LogP contribution in [0.3, 0.4) is 0 Å². The highest BCUT2D eigenvalue weighted by Crippen LogP contribution is 2.36. The van der Waals surface area contributed by atoms with E-state index in [2.05, 4.69) is 5.32 Å². The number of hydrogen-bond donors (Lipinski definition) is 1. The Bertz CT molecular complexity index is 1240. The largest absolute Gasteiger partial charge is 0.497 e. The molecule has 1 N–H and O–H groups in total. The predicted molar refractivity (Wildman–Crippen MR) is 143 cm³/mol. The monoisotopic (exact) mass is 545 g/mol. The maximum Gasteiger partial charge on any atom is 0.244 e. The zero-order valence-corrected chi connectivity index (χ0v) is 22.8. The Morgan fingerprint density at radius 3 is 2.42 bits per heavy atom. The van der Waals surface area contributed by atoms with Crippen LogP contribution in [0.5, 0.6) is 17.2 Å². The maximum atomic E-state index is 13.8. The fraction of sp³-hybridized carbons (Fsp3) is 0.481. The summed E-state index contributed by atoms with van der Waals surface area (Å²) < 4.78 is 43.3. The lowest BCUT2D eigenvalue weighted by Gasteiger charge is -2.32. The van der Waals surface area contributed by atoms with Crippen molar-refractivity contribution in [3.8, 4) is 17.2 Å². The maximum absolute atomic E-state index is 13.8. The number of nitrogens with one attached hydrogen (secondary N) is 1. The number of fused-ring (bicyclic) bond motifs is 1. The van der Waals surface area contributed by atoms with Crippen LogP contribution < -0.4 is 23.8 Å². The summed E-state index contributed by atoms with van der Waals surface area (Å²) in [5.74, 6) is 0.626. The predicted octanol–water partition coefficient (Wildman–Crippen LogP) is 3.06. The first-order valence-corrected chi connectivity index (χ1v) is 14.5. The molecule has 0 spiro atoms. The van der Waals surface area contributed by atoms with E-state index in [1.165, 1.54) is 11.8 Å². The van der Waals surface area contributed by atoms with E-state index in [-0.39, 0.29) is 36.7 Å².